The van der Waals surface area contributed by atoms with Gasteiger partial charge in [0.25, 0.3) is 0 Å². The lowest BCUT2D eigenvalue weighted by atomic mass is 10.4. The molecule has 1 heterocycles. The van der Waals surface area contributed by atoms with Crippen LogP contribution in [0.25, 0.3) is 0 Å². The Kier molecular flexibility index (Phi) is 4.72. The molecule has 17 heavy (non-hydrogen) atoms. The van der Waals surface area contributed by atoms with Gasteiger partial charge in [-0.05, 0) is 20.8 Å². The van der Waals surface area contributed by atoms with Gasteiger partial charge in [-0.25, -0.2) is 13.4 Å². The van der Waals surface area contributed by atoms with Gasteiger partial charge in [0.1, 0.15) is 0 Å². The minimum Gasteiger partial charge on any atom is -0.392 e. The number of β-amino-alcohol motifs (C(OH)–C–C–N with tert-alkyl or cyclic N) is 1. The fourth-order valence-electron chi connectivity index (χ4n) is 1.28. The fourth-order valence-corrected chi connectivity index (χ4v) is 1.92. The van der Waals surface area contributed by atoms with Gasteiger partial charge in [-0.2, -0.15) is 0 Å². The van der Waals surface area contributed by atoms with Crippen LogP contribution in [0.15, 0.2) is 4.99 Å². The summed E-state index contributed by atoms with van der Waals surface area (Å²) in [7, 11) is -3.35. The van der Waals surface area contributed by atoms with Crippen LogP contribution in [0.3, 0.4) is 0 Å². The van der Waals surface area contributed by atoms with Crippen LogP contribution in [0, 0.1) is 0 Å². The second-order valence-electron chi connectivity index (χ2n) is 4.38. The highest BCUT2D eigenvalue weighted by Crippen LogP contribution is 1.99. The summed E-state index contributed by atoms with van der Waals surface area (Å²) < 4.78 is 25.5. The Morgan fingerprint density at radius 1 is 1.53 bits per heavy atom. The van der Waals surface area contributed by atoms with Crippen LogP contribution in [-0.2, 0) is 10.0 Å². The highest BCUT2D eigenvalue weighted by Gasteiger charge is 2.20. The van der Waals surface area contributed by atoms with E-state index >= 15 is 0 Å². The quantitative estimate of drug-likeness (QED) is 0.597. The molecule has 0 saturated heterocycles. The highest BCUT2D eigenvalue weighted by molar-refractivity contribution is 7.90. The molecular formula is C9H20N4O3S. The third-order valence-corrected chi connectivity index (χ3v) is 4.00. The average molecular weight is 264 g/mol. The molecule has 0 aromatic carbocycles. The number of aliphatic imine (C=N–C) groups is 1. The van der Waals surface area contributed by atoms with Gasteiger partial charge < -0.3 is 10.4 Å². The molecule has 1 aliphatic rings. The number of nitrogens with one attached hydrogen (secondary N) is 2. The second-order valence-corrected chi connectivity index (χ2v) is 6.62. The maximum absolute atomic E-state index is 11.6. The lowest BCUT2D eigenvalue weighted by molar-refractivity contribution is 0.123. The van der Waals surface area contributed by atoms with Crippen molar-refractivity contribution in [3.63, 3.8) is 0 Å². The number of hydrogen-bond donors (Lipinski definition) is 3. The monoisotopic (exact) mass is 264 g/mol. The van der Waals surface area contributed by atoms with E-state index in [-0.39, 0.29) is 5.96 Å². The zero-order chi connectivity index (χ0) is 13.1. The molecular weight excluding hydrogens is 244 g/mol. The summed E-state index contributed by atoms with van der Waals surface area (Å²) in [5.74, 6) is 0.264. The maximum Gasteiger partial charge on any atom is 0.237 e. The Balaban J connectivity index is 2.52. The van der Waals surface area contributed by atoms with Crippen LogP contribution in [0.1, 0.15) is 20.8 Å². The van der Waals surface area contributed by atoms with Gasteiger partial charge in [-0.3, -0.25) is 9.62 Å². The molecule has 0 spiro atoms. The largest absolute Gasteiger partial charge is 0.392 e. The van der Waals surface area contributed by atoms with Crippen LogP contribution in [0.5, 0.6) is 0 Å². The van der Waals surface area contributed by atoms with Gasteiger partial charge in [0.2, 0.25) is 16.0 Å². The predicted octanol–water partition coefficient (Wildman–Crippen LogP) is -1.13. The minimum atomic E-state index is -3.35. The smallest absolute Gasteiger partial charge is 0.237 e. The average Bonchev–Trinajstić information content (AvgIpc) is 2.19. The van der Waals surface area contributed by atoms with E-state index in [1.165, 1.54) is 0 Å². The van der Waals surface area contributed by atoms with Crippen molar-refractivity contribution in [1.82, 2.24) is 14.9 Å². The van der Waals surface area contributed by atoms with E-state index < -0.39 is 21.4 Å². The van der Waals surface area contributed by atoms with Crippen molar-refractivity contribution in [3.8, 4) is 0 Å². The molecule has 1 atom stereocenters. The van der Waals surface area contributed by atoms with Crippen molar-refractivity contribution in [3.05, 3.63) is 0 Å². The van der Waals surface area contributed by atoms with Crippen molar-refractivity contribution < 1.29 is 13.5 Å². The van der Waals surface area contributed by atoms with Crippen LogP contribution >= 0.6 is 0 Å². The Hall–Kier alpha value is -0.860. The van der Waals surface area contributed by atoms with E-state index in [9.17, 15) is 13.5 Å². The fraction of sp³-hybridized carbons (Fsp3) is 0.889. The number of hydrogen-bond acceptors (Lipinski definition) is 6. The Morgan fingerprint density at radius 2 is 2.18 bits per heavy atom. The molecule has 0 radical (unpaired) electrons. The number of aliphatic hydroxyl groups is 1. The Morgan fingerprint density at radius 3 is 2.59 bits per heavy atom. The highest BCUT2D eigenvalue weighted by atomic mass is 32.2. The molecule has 1 aliphatic heterocycles. The van der Waals surface area contributed by atoms with Gasteiger partial charge in [-0.1, -0.05) is 0 Å². The molecule has 0 aromatic heterocycles. The van der Waals surface area contributed by atoms with Crippen molar-refractivity contribution >= 4 is 16.0 Å². The number of nitrogens with zero attached hydrogens (tertiary/aromatic N) is 2. The van der Waals surface area contributed by atoms with E-state index in [4.69, 9.17) is 0 Å². The molecule has 0 aromatic rings. The third kappa shape index (κ3) is 4.49. The molecule has 7 nitrogen and oxygen atoms in total. The topological polar surface area (TPSA) is 94.0 Å². The maximum atomic E-state index is 11.6. The Labute approximate surface area is 102 Å². The summed E-state index contributed by atoms with van der Waals surface area (Å²) in [6.07, 6.45) is -0.430. The molecule has 0 bridgehead atoms. The van der Waals surface area contributed by atoms with Crippen LogP contribution < -0.4 is 10.0 Å². The normalized spacial score (nSPS) is 19.7. The molecule has 100 valence electrons. The molecule has 0 aliphatic carbocycles. The third-order valence-electron chi connectivity index (χ3n) is 2.28. The lowest BCUT2D eigenvalue weighted by Gasteiger charge is -2.28. The first-order chi connectivity index (χ1) is 7.81. The number of sulfonamides is 1. The van der Waals surface area contributed by atoms with Crippen molar-refractivity contribution in [2.75, 3.05) is 19.9 Å². The van der Waals surface area contributed by atoms with Gasteiger partial charge in [0.15, 0.2) is 0 Å². The first-order valence-electron chi connectivity index (χ1n) is 5.51. The van der Waals surface area contributed by atoms with Gasteiger partial charge in [0, 0.05) is 6.54 Å². The number of rotatable bonds is 4. The SMILES string of the molecule is CC(C)S(=O)(=O)NC1=NCN(C[C@@H](C)O)CN1. The van der Waals surface area contributed by atoms with E-state index in [2.05, 4.69) is 15.0 Å². The van der Waals surface area contributed by atoms with Crippen molar-refractivity contribution in [2.24, 2.45) is 4.99 Å². The molecule has 8 heteroatoms. The van der Waals surface area contributed by atoms with E-state index in [1.54, 1.807) is 20.8 Å². The van der Waals surface area contributed by atoms with E-state index in [0.717, 1.165) is 0 Å². The van der Waals surface area contributed by atoms with Crippen LogP contribution in [0.2, 0.25) is 0 Å². The zero-order valence-corrected chi connectivity index (χ0v) is 11.2. The van der Waals surface area contributed by atoms with Crippen molar-refractivity contribution in [2.45, 2.75) is 32.1 Å². The molecule has 0 fully saturated rings. The zero-order valence-electron chi connectivity index (χ0n) is 10.3. The summed E-state index contributed by atoms with van der Waals surface area (Å²) in [5.41, 5.74) is 0. The number of aliphatic hydroxyl groups excluding tert-OH is 1. The molecule has 0 amide bonds. The van der Waals surface area contributed by atoms with E-state index in [1.807, 2.05) is 4.90 Å². The van der Waals surface area contributed by atoms with Gasteiger partial charge >= 0.3 is 0 Å². The molecule has 0 unspecified atom stereocenters. The second kappa shape index (κ2) is 5.65. The van der Waals surface area contributed by atoms with Gasteiger partial charge in [-0.15, -0.1) is 0 Å². The summed E-state index contributed by atoms with van der Waals surface area (Å²) >= 11 is 0. The van der Waals surface area contributed by atoms with Crippen LogP contribution in [0.4, 0.5) is 0 Å². The standard InChI is InChI=1S/C9H20N4O3S/c1-7(2)17(15,16)12-9-10-5-13(6-11-9)4-8(3)14/h7-8,14H,4-6H2,1-3H3,(H2,10,11,12)/t8-/m1/s1. The molecule has 3 N–H and O–H groups in total. The molecule has 1 rings (SSSR count). The van der Waals surface area contributed by atoms with Crippen LogP contribution in [-0.4, -0.2) is 55.6 Å². The summed E-state index contributed by atoms with van der Waals surface area (Å²) in [5, 5.41) is 11.6. The van der Waals surface area contributed by atoms with Gasteiger partial charge in [0.05, 0.1) is 24.7 Å². The first-order valence-corrected chi connectivity index (χ1v) is 7.06. The summed E-state index contributed by atoms with van der Waals surface area (Å²) in [6, 6.07) is 0. The summed E-state index contributed by atoms with van der Waals surface area (Å²) in [6.45, 7) is 6.23. The first kappa shape index (κ1) is 14.2. The lowest BCUT2D eigenvalue weighted by Crippen LogP contribution is -2.52. The van der Waals surface area contributed by atoms with Crippen molar-refractivity contribution in [1.29, 1.82) is 0 Å². The number of guanidine groups is 1. The molecule has 0 saturated carbocycles. The Bertz CT molecular complexity index is 378. The summed E-state index contributed by atoms with van der Waals surface area (Å²) in [4.78, 5) is 5.93. The minimum absolute atomic E-state index is 0.264. The predicted molar refractivity (Wildman–Crippen MR) is 65.9 cm³/mol. The van der Waals surface area contributed by atoms with E-state index in [0.29, 0.717) is 19.9 Å².